The quantitative estimate of drug-likeness (QED) is 0.579. The van der Waals surface area contributed by atoms with E-state index in [9.17, 15) is 13.2 Å². The number of carbonyl (C=O) groups excluding carboxylic acids is 1. The molecule has 3 aromatic rings. The van der Waals surface area contributed by atoms with Crippen LogP contribution in [0.3, 0.4) is 0 Å². The van der Waals surface area contributed by atoms with E-state index in [4.69, 9.17) is 16.3 Å². The molecule has 1 N–H and O–H groups in total. The van der Waals surface area contributed by atoms with Gasteiger partial charge in [-0.25, -0.2) is 8.42 Å². The number of nitrogens with zero attached hydrogens (tertiary/aromatic N) is 1. The van der Waals surface area contributed by atoms with Crippen molar-refractivity contribution in [3.8, 4) is 11.5 Å². The zero-order valence-corrected chi connectivity index (χ0v) is 18.6. The van der Waals surface area contributed by atoms with Crippen molar-refractivity contribution >= 4 is 38.9 Å². The number of anilines is 2. The molecule has 4 rings (SSSR count). The van der Waals surface area contributed by atoms with Gasteiger partial charge in [0.2, 0.25) is 10.0 Å². The summed E-state index contributed by atoms with van der Waals surface area (Å²) in [5.41, 5.74) is 2.29. The van der Waals surface area contributed by atoms with E-state index in [1.54, 1.807) is 36.4 Å². The molecular weight excluding hydrogens is 436 g/mol. The molecule has 1 amide bonds. The van der Waals surface area contributed by atoms with Gasteiger partial charge in [-0.2, -0.15) is 0 Å². The first-order chi connectivity index (χ1) is 14.7. The fourth-order valence-electron chi connectivity index (χ4n) is 3.75. The van der Waals surface area contributed by atoms with E-state index < -0.39 is 10.0 Å². The van der Waals surface area contributed by atoms with E-state index in [1.807, 2.05) is 37.3 Å². The van der Waals surface area contributed by atoms with E-state index in [0.29, 0.717) is 39.9 Å². The Kier molecular flexibility index (Phi) is 5.64. The fourth-order valence-corrected chi connectivity index (χ4v) is 5.18. The second-order valence-electron chi connectivity index (χ2n) is 7.47. The van der Waals surface area contributed by atoms with Crippen LogP contribution in [0.2, 0.25) is 5.02 Å². The van der Waals surface area contributed by atoms with Crippen LogP contribution in [0.1, 0.15) is 22.8 Å². The maximum atomic E-state index is 12.9. The highest BCUT2D eigenvalue weighted by Gasteiger charge is 2.32. The molecule has 0 saturated carbocycles. The largest absolute Gasteiger partial charge is 0.455 e. The standard InChI is InChI=1S/C23H21ClN2O4S/c1-15-12-17-13-16(8-10-21(17)26(15)31(2,28)29)23(27)25-20-14-18(24)9-11-22(20)30-19-6-4-3-5-7-19/h3-11,13-15H,12H2,1-2H3,(H,25,27)/t15-/m0/s1. The van der Waals surface area contributed by atoms with E-state index in [1.165, 1.54) is 10.6 Å². The molecule has 0 spiro atoms. The lowest BCUT2D eigenvalue weighted by Gasteiger charge is -2.22. The van der Waals surface area contributed by atoms with Crippen molar-refractivity contribution in [3.63, 3.8) is 0 Å². The highest BCUT2D eigenvalue weighted by molar-refractivity contribution is 7.92. The number of rotatable bonds is 5. The summed E-state index contributed by atoms with van der Waals surface area (Å²) in [5, 5.41) is 3.31. The maximum Gasteiger partial charge on any atom is 0.255 e. The number of sulfonamides is 1. The normalized spacial score (nSPS) is 15.5. The number of fused-ring (bicyclic) bond motifs is 1. The van der Waals surface area contributed by atoms with Gasteiger partial charge in [0, 0.05) is 16.6 Å². The van der Waals surface area contributed by atoms with Crippen LogP contribution in [0, 0.1) is 0 Å². The first-order valence-electron chi connectivity index (χ1n) is 9.68. The maximum absolute atomic E-state index is 12.9. The van der Waals surface area contributed by atoms with Crippen molar-refractivity contribution in [2.24, 2.45) is 0 Å². The predicted octanol–water partition coefficient (Wildman–Crippen LogP) is 5.10. The van der Waals surface area contributed by atoms with Gasteiger partial charge in [-0.1, -0.05) is 29.8 Å². The molecule has 0 unspecified atom stereocenters. The molecule has 0 radical (unpaired) electrons. The lowest BCUT2D eigenvalue weighted by atomic mass is 10.1. The van der Waals surface area contributed by atoms with Crippen LogP contribution >= 0.6 is 11.6 Å². The van der Waals surface area contributed by atoms with Gasteiger partial charge in [-0.3, -0.25) is 9.10 Å². The van der Waals surface area contributed by atoms with Crippen molar-refractivity contribution in [1.82, 2.24) is 0 Å². The summed E-state index contributed by atoms with van der Waals surface area (Å²) in [6.45, 7) is 1.85. The van der Waals surface area contributed by atoms with Crippen LogP contribution in [0.5, 0.6) is 11.5 Å². The zero-order chi connectivity index (χ0) is 22.2. The Morgan fingerprint density at radius 2 is 1.84 bits per heavy atom. The van der Waals surface area contributed by atoms with Crippen LogP contribution in [0.4, 0.5) is 11.4 Å². The first-order valence-corrected chi connectivity index (χ1v) is 11.9. The van der Waals surface area contributed by atoms with Crippen molar-refractivity contribution < 1.29 is 17.9 Å². The summed E-state index contributed by atoms with van der Waals surface area (Å²) < 4.78 is 31.5. The van der Waals surface area contributed by atoms with Crippen LogP contribution in [-0.4, -0.2) is 26.6 Å². The van der Waals surface area contributed by atoms with E-state index in [-0.39, 0.29) is 11.9 Å². The van der Waals surface area contributed by atoms with Gasteiger partial charge in [-0.05, 0) is 67.4 Å². The smallest absolute Gasteiger partial charge is 0.255 e. The second-order valence-corrected chi connectivity index (χ2v) is 9.76. The van der Waals surface area contributed by atoms with Gasteiger partial charge in [0.05, 0.1) is 17.6 Å². The molecule has 8 heteroatoms. The molecular formula is C23H21ClN2O4S. The molecule has 1 aliphatic rings. The number of hydrogen-bond donors (Lipinski definition) is 1. The van der Waals surface area contributed by atoms with Crippen LogP contribution in [0.25, 0.3) is 0 Å². The molecule has 0 aromatic heterocycles. The molecule has 31 heavy (non-hydrogen) atoms. The monoisotopic (exact) mass is 456 g/mol. The van der Waals surface area contributed by atoms with Crippen molar-refractivity contribution in [2.45, 2.75) is 19.4 Å². The molecule has 0 fully saturated rings. The lowest BCUT2D eigenvalue weighted by molar-refractivity contribution is 0.102. The highest BCUT2D eigenvalue weighted by atomic mass is 35.5. The topological polar surface area (TPSA) is 75.7 Å². The van der Waals surface area contributed by atoms with E-state index in [0.717, 1.165) is 5.56 Å². The number of halogens is 1. The summed E-state index contributed by atoms with van der Waals surface area (Å²) in [6, 6.07) is 19.1. The number of para-hydroxylation sites is 1. The Balaban J connectivity index is 1.60. The minimum Gasteiger partial charge on any atom is -0.455 e. The van der Waals surface area contributed by atoms with Crippen molar-refractivity contribution in [1.29, 1.82) is 0 Å². The molecule has 0 saturated heterocycles. The summed E-state index contributed by atoms with van der Waals surface area (Å²) >= 11 is 6.13. The van der Waals surface area contributed by atoms with Crippen LogP contribution in [0.15, 0.2) is 66.7 Å². The number of carbonyl (C=O) groups is 1. The third kappa shape index (κ3) is 4.52. The summed E-state index contributed by atoms with van der Waals surface area (Å²) in [5.74, 6) is 0.753. The average Bonchev–Trinajstić information content (AvgIpc) is 3.06. The molecule has 3 aromatic carbocycles. The Bertz CT molecular complexity index is 1250. The van der Waals surface area contributed by atoms with Crippen molar-refractivity contribution in [3.05, 3.63) is 82.9 Å². The molecule has 1 heterocycles. The first kappa shape index (κ1) is 21.2. The summed E-state index contributed by atoms with van der Waals surface area (Å²) in [4.78, 5) is 12.9. The van der Waals surface area contributed by atoms with Crippen LogP contribution < -0.4 is 14.4 Å². The van der Waals surface area contributed by atoms with Gasteiger partial charge < -0.3 is 10.1 Å². The minimum atomic E-state index is -3.39. The van der Waals surface area contributed by atoms with Gasteiger partial charge in [0.25, 0.3) is 5.91 Å². The Hall–Kier alpha value is -3.03. The van der Waals surface area contributed by atoms with Gasteiger partial charge >= 0.3 is 0 Å². The molecule has 6 nitrogen and oxygen atoms in total. The molecule has 0 bridgehead atoms. The fraction of sp³-hybridized carbons (Fsp3) is 0.174. The molecule has 1 aliphatic heterocycles. The van der Waals surface area contributed by atoms with Crippen molar-refractivity contribution in [2.75, 3.05) is 15.9 Å². The van der Waals surface area contributed by atoms with E-state index >= 15 is 0 Å². The number of hydrogen-bond acceptors (Lipinski definition) is 4. The Morgan fingerprint density at radius 3 is 2.55 bits per heavy atom. The third-order valence-corrected chi connectivity index (χ3v) is 6.52. The SMILES string of the molecule is C[C@H]1Cc2cc(C(=O)Nc3cc(Cl)ccc3Oc3ccccc3)ccc2N1S(C)(=O)=O. The summed E-state index contributed by atoms with van der Waals surface area (Å²) in [6.07, 6.45) is 1.73. The van der Waals surface area contributed by atoms with E-state index in [2.05, 4.69) is 5.32 Å². The second kappa shape index (κ2) is 8.24. The molecule has 0 aliphatic carbocycles. The number of amides is 1. The Labute approximate surface area is 186 Å². The Morgan fingerprint density at radius 1 is 1.10 bits per heavy atom. The molecule has 1 atom stereocenters. The van der Waals surface area contributed by atoms with Gasteiger partial charge in [0.1, 0.15) is 5.75 Å². The lowest BCUT2D eigenvalue weighted by Crippen LogP contribution is -2.34. The molecule has 160 valence electrons. The number of nitrogens with one attached hydrogen (secondary N) is 1. The van der Waals surface area contributed by atoms with Gasteiger partial charge in [0.15, 0.2) is 5.75 Å². The third-order valence-electron chi connectivity index (χ3n) is 5.01. The number of benzene rings is 3. The highest BCUT2D eigenvalue weighted by Crippen LogP contribution is 2.36. The zero-order valence-electron chi connectivity index (χ0n) is 17.0. The van der Waals surface area contributed by atoms with Crippen LogP contribution in [-0.2, 0) is 16.4 Å². The number of ether oxygens (including phenoxy) is 1. The average molecular weight is 457 g/mol. The summed E-state index contributed by atoms with van der Waals surface area (Å²) in [7, 11) is -3.39. The minimum absolute atomic E-state index is 0.192. The predicted molar refractivity (Wildman–Crippen MR) is 123 cm³/mol. The van der Waals surface area contributed by atoms with Gasteiger partial charge in [-0.15, -0.1) is 0 Å².